The van der Waals surface area contributed by atoms with E-state index in [2.05, 4.69) is 16.0 Å². The number of aliphatic hydroxyl groups is 2. The number of carbonyl (C=O) groups excluding carboxylic acids is 3. The molecule has 13 heteroatoms. The number of urea groups is 1. The Morgan fingerprint density at radius 1 is 1.27 bits per heavy atom. The smallest absolute Gasteiger partial charge is 0.330 e. The number of hydrogen-bond acceptors (Lipinski definition) is 7. The summed E-state index contributed by atoms with van der Waals surface area (Å²) in [5, 5.41) is 35.2. The van der Waals surface area contributed by atoms with Gasteiger partial charge in [0.1, 0.15) is 23.6 Å². The lowest BCUT2D eigenvalue weighted by Crippen LogP contribution is -2.48. The van der Waals surface area contributed by atoms with E-state index in [0.29, 0.717) is 10.5 Å². The maximum absolute atomic E-state index is 14.4. The van der Waals surface area contributed by atoms with Crippen molar-refractivity contribution in [1.82, 2.24) is 15.5 Å². The zero-order chi connectivity index (χ0) is 26.9. The van der Waals surface area contributed by atoms with Crippen LogP contribution in [-0.2, 0) is 9.59 Å². The van der Waals surface area contributed by atoms with Crippen molar-refractivity contribution < 1.29 is 33.4 Å². The quantitative estimate of drug-likeness (QED) is 0.269. The lowest BCUT2D eigenvalue weighted by Gasteiger charge is -2.26. The van der Waals surface area contributed by atoms with E-state index in [-0.39, 0.29) is 34.1 Å². The summed E-state index contributed by atoms with van der Waals surface area (Å²) in [4.78, 5) is 39.9. The number of anilines is 1. The third kappa shape index (κ3) is 4.84. The Morgan fingerprint density at radius 2 is 2.00 bits per heavy atom. The van der Waals surface area contributed by atoms with E-state index in [1.54, 1.807) is 12.1 Å². The van der Waals surface area contributed by atoms with Crippen LogP contribution in [0.25, 0.3) is 0 Å². The maximum Gasteiger partial charge on any atom is 0.330 e. The van der Waals surface area contributed by atoms with Gasteiger partial charge in [-0.1, -0.05) is 23.7 Å². The van der Waals surface area contributed by atoms with Crippen LogP contribution in [0.2, 0.25) is 5.02 Å². The second-order valence-corrected chi connectivity index (χ2v) is 8.73. The van der Waals surface area contributed by atoms with E-state index in [4.69, 9.17) is 16.9 Å². The Morgan fingerprint density at radius 3 is 2.65 bits per heavy atom. The van der Waals surface area contributed by atoms with E-state index in [9.17, 15) is 33.4 Å². The number of benzene rings is 2. The molecule has 2 aromatic rings. The fourth-order valence-corrected chi connectivity index (χ4v) is 4.32. The molecular weight excluding hydrogens is 512 g/mol. The number of carbonyl (C=O) groups is 3. The van der Waals surface area contributed by atoms with E-state index in [1.807, 2.05) is 0 Å². The number of nitrogens with one attached hydrogen (secondary N) is 3. The summed E-state index contributed by atoms with van der Waals surface area (Å²) < 4.78 is 28.7. The first-order chi connectivity index (χ1) is 17.7. The van der Waals surface area contributed by atoms with Gasteiger partial charge < -0.3 is 26.2 Å². The highest BCUT2D eigenvalue weighted by atomic mass is 35.5. The highest BCUT2D eigenvalue weighted by Gasteiger charge is 2.44. The number of aliphatic hydroxyl groups excluding tert-OH is 2. The number of nitrogens with zero attached hydrogens (tertiary/aromatic N) is 2. The number of hydrogen-bond donors (Lipinski definition) is 5. The van der Waals surface area contributed by atoms with E-state index in [0.717, 1.165) is 12.1 Å². The standard InChI is InChI=1S/C24H20ClF2N5O5/c25-16-4-3-15-13(8-29-20(15)19(16)27)6-18-23(36)32(24(37)31-18)21(22(35)30-14(9-33)10-34)11-1-2-12(7-28)17(26)5-11/h1-6,13-14,21,29,33-34H,8-10H2,(H,30,35)(H,31,37)/b18-6-. The molecule has 10 nitrogen and oxygen atoms in total. The largest absolute Gasteiger partial charge is 0.394 e. The summed E-state index contributed by atoms with van der Waals surface area (Å²) in [6.07, 6.45) is 1.41. The normalized spacial score (nSPS) is 18.5. The van der Waals surface area contributed by atoms with Crippen LogP contribution in [0.15, 0.2) is 42.1 Å². The van der Waals surface area contributed by atoms with Crippen molar-refractivity contribution >= 4 is 35.1 Å². The van der Waals surface area contributed by atoms with Crippen LogP contribution >= 0.6 is 11.6 Å². The molecule has 0 spiro atoms. The van der Waals surface area contributed by atoms with E-state index < -0.39 is 60.7 Å². The van der Waals surface area contributed by atoms with Gasteiger partial charge in [0, 0.05) is 12.5 Å². The molecule has 0 saturated carbocycles. The van der Waals surface area contributed by atoms with Crippen molar-refractivity contribution in [2.45, 2.75) is 18.0 Å². The lowest BCUT2D eigenvalue weighted by molar-refractivity contribution is -0.134. The van der Waals surface area contributed by atoms with Crippen LogP contribution < -0.4 is 16.0 Å². The number of halogens is 3. The second kappa shape index (κ2) is 10.5. The lowest BCUT2D eigenvalue weighted by atomic mass is 9.99. The Labute approximate surface area is 214 Å². The first-order valence-corrected chi connectivity index (χ1v) is 11.4. The van der Waals surface area contributed by atoms with Crippen LogP contribution in [0.1, 0.15) is 28.7 Å². The minimum absolute atomic E-state index is 0.0801. The molecule has 0 aromatic heterocycles. The molecule has 2 atom stereocenters. The Balaban J connectivity index is 1.70. The Bertz CT molecular complexity index is 1360. The van der Waals surface area contributed by atoms with Gasteiger partial charge in [-0.05, 0) is 35.4 Å². The molecular formula is C24H20ClF2N5O5. The molecule has 0 bridgehead atoms. The predicted octanol–water partition coefficient (Wildman–Crippen LogP) is 1.65. The van der Waals surface area contributed by atoms with Gasteiger partial charge in [0.05, 0.1) is 35.5 Å². The average Bonchev–Trinajstić information content (AvgIpc) is 3.41. The first-order valence-electron chi connectivity index (χ1n) is 11.0. The van der Waals surface area contributed by atoms with Gasteiger partial charge in [-0.15, -0.1) is 0 Å². The summed E-state index contributed by atoms with van der Waals surface area (Å²) in [6.45, 7) is -1.08. The van der Waals surface area contributed by atoms with E-state index in [1.165, 1.54) is 18.2 Å². The minimum atomic E-state index is -1.70. The number of amides is 4. The molecule has 1 fully saturated rings. The van der Waals surface area contributed by atoms with Crippen LogP contribution in [0.4, 0.5) is 19.3 Å². The summed E-state index contributed by atoms with van der Waals surface area (Å²) in [7, 11) is 0. The molecule has 37 heavy (non-hydrogen) atoms. The number of nitriles is 1. The topological polar surface area (TPSA) is 155 Å². The molecule has 2 aliphatic rings. The van der Waals surface area contributed by atoms with Crippen molar-refractivity contribution in [3.05, 3.63) is 75.5 Å². The van der Waals surface area contributed by atoms with Gasteiger partial charge in [0.25, 0.3) is 5.91 Å². The number of fused-ring (bicyclic) bond motifs is 1. The molecule has 2 heterocycles. The molecule has 2 unspecified atom stereocenters. The molecule has 0 radical (unpaired) electrons. The van der Waals surface area contributed by atoms with E-state index >= 15 is 0 Å². The van der Waals surface area contributed by atoms with Gasteiger partial charge in [0.15, 0.2) is 5.82 Å². The molecule has 4 amide bonds. The third-order valence-electron chi connectivity index (χ3n) is 6.03. The van der Waals surface area contributed by atoms with Crippen molar-refractivity contribution in [2.75, 3.05) is 25.1 Å². The average molecular weight is 532 g/mol. The SMILES string of the molecule is N#Cc1ccc(C(C(=O)NC(CO)CO)N2C(=O)N/C(=C\C3CNc4c3ccc(Cl)c4F)C2=O)cc1F. The minimum Gasteiger partial charge on any atom is -0.394 e. The number of imide groups is 1. The van der Waals surface area contributed by atoms with Gasteiger partial charge in [-0.3, -0.25) is 9.59 Å². The molecule has 0 aliphatic carbocycles. The summed E-state index contributed by atoms with van der Waals surface area (Å²) in [5.74, 6) is -4.04. The maximum atomic E-state index is 14.4. The molecule has 2 aromatic carbocycles. The van der Waals surface area contributed by atoms with Crippen LogP contribution in [0.3, 0.4) is 0 Å². The Hall–Kier alpha value is -4.05. The third-order valence-corrected chi connectivity index (χ3v) is 6.32. The molecule has 5 N–H and O–H groups in total. The summed E-state index contributed by atoms with van der Waals surface area (Å²) in [5.41, 5.74) is 0.0502. The monoisotopic (exact) mass is 531 g/mol. The first kappa shape index (κ1) is 26.0. The summed E-state index contributed by atoms with van der Waals surface area (Å²) in [6, 6.07) is 3.95. The molecule has 2 aliphatic heterocycles. The number of rotatable bonds is 7. The highest BCUT2D eigenvalue weighted by molar-refractivity contribution is 6.31. The zero-order valence-electron chi connectivity index (χ0n) is 19.0. The van der Waals surface area contributed by atoms with Gasteiger partial charge in [0.2, 0.25) is 5.91 Å². The van der Waals surface area contributed by atoms with Crippen molar-refractivity contribution in [3.63, 3.8) is 0 Å². The van der Waals surface area contributed by atoms with Crippen molar-refractivity contribution in [1.29, 1.82) is 5.26 Å². The van der Waals surface area contributed by atoms with Crippen LogP contribution in [0.5, 0.6) is 0 Å². The van der Waals surface area contributed by atoms with Crippen molar-refractivity contribution in [3.8, 4) is 6.07 Å². The molecule has 192 valence electrons. The van der Waals surface area contributed by atoms with Crippen LogP contribution in [0, 0.1) is 23.0 Å². The van der Waals surface area contributed by atoms with Crippen LogP contribution in [-0.4, -0.2) is 58.8 Å². The van der Waals surface area contributed by atoms with Gasteiger partial charge >= 0.3 is 6.03 Å². The summed E-state index contributed by atoms with van der Waals surface area (Å²) >= 11 is 5.82. The van der Waals surface area contributed by atoms with Crippen molar-refractivity contribution in [2.24, 2.45) is 0 Å². The Kier molecular flexibility index (Phi) is 7.40. The molecule has 4 rings (SSSR count). The van der Waals surface area contributed by atoms with Gasteiger partial charge in [-0.25, -0.2) is 18.5 Å². The highest BCUT2D eigenvalue weighted by Crippen LogP contribution is 2.38. The fraction of sp³-hybridized carbons (Fsp3) is 0.250. The predicted molar refractivity (Wildman–Crippen MR) is 126 cm³/mol. The second-order valence-electron chi connectivity index (χ2n) is 8.32. The fourth-order valence-electron chi connectivity index (χ4n) is 4.16. The van der Waals surface area contributed by atoms with Gasteiger partial charge in [-0.2, -0.15) is 5.26 Å². The molecule has 1 saturated heterocycles. The zero-order valence-corrected chi connectivity index (χ0v) is 19.7.